The molecule has 1 aliphatic rings. The minimum Gasteiger partial charge on any atom is -0.366 e. The molecular weight excluding hydrogens is 244 g/mol. The van der Waals surface area contributed by atoms with Crippen molar-refractivity contribution in [2.45, 2.75) is 65.0 Å². The number of hydrogen-bond acceptors (Lipinski definition) is 2. The van der Waals surface area contributed by atoms with Gasteiger partial charge in [-0.15, -0.1) is 0 Å². The van der Waals surface area contributed by atoms with E-state index in [1.165, 1.54) is 42.6 Å². The van der Waals surface area contributed by atoms with Gasteiger partial charge >= 0.3 is 0 Å². The van der Waals surface area contributed by atoms with E-state index in [-0.39, 0.29) is 5.54 Å². The van der Waals surface area contributed by atoms with E-state index in [4.69, 9.17) is 0 Å². The summed E-state index contributed by atoms with van der Waals surface area (Å²) in [5.74, 6) is 0.648. The van der Waals surface area contributed by atoms with Gasteiger partial charge in [0, 0.05) is 24.3 Å². The van der Waals surface area contributed by atoms with Crippen LogP contribution in [0, 0.1) is 0 Å². The molecule has 1 atom stereocenters. The molecule has 0 amide bonds. The molecule has 0 saturated heterocycles. The lowest BCUT2D eigenvalue weighted by Crippen LogP contribution is -2.48. The summed E-state index contributed by atoms with van der Waals surface area (Å²) in [7, 11) is 2.01. The summed E-state index contributed by atoms with van der Waals surface area (Å²) >= 11 is 0. The first-order valence-corrected chi connectivity index (χ1v) is 8.04. The molecule has 1 heterocycles. The largest absolute Gasteiger partial charge is 0.366 e. The van der Waals surface area contributed by atoms with Crippen LogP contribution < -0.4 is 10.2 Å². The van der Waals surface area contributed by atoms with Crippen molar-refractivity contribution in [1.29, 1.82) is 0 Å². The fourth-order valence-corrected chi connectivity index (χ4v) is 3.59. The lowest BCUT2D eigenvalue weighted by Gasteiger charge is -2.48. The smallest absolute Gasteiger partial charge is 0.0406 e. The van der Waals surface area contributed by atoms with Crippen LogP contribution in [0.3, 0.4) is 0 Å². The van der Waals surface area contributed by atoms with Crippen LogP contribution in [0.1, 0.15) is 64.0 Å². The van der Waals surface area contributed by atoms with Gasteiger partial charge in [0.05, 0.1) is 0 Å². The van der Waals surface area contributed by atoms with Gasteiger partial charge in [0.2, 0.25) is 0 Å². The van der Waals surface area contributed by atoms with E-state index in [0.29, 0.717) is 5.92 Å². The highest BCUT2D eigenvalue weighted by Gasteiger charge is 2.35. The minimum atomic E-state index is 0.270. The van der Waals surface area contributed by atoms with Crippen LogP contribution in [0.5, 0.6) is 0 Å². The average Bonchev–Trinajstić information content (AvgIpc) is 2.38. The summed E-state index contributed by atoms with van der Waals surface area (Å²) < 4.78 is 0. The first kappa shape index (κ1) is 15.4. The summed E-state index contributed by atoms with van der Waals surface area (Å²) in [6.45, 7) is 11.6. The van der Waals surface area contributed by atoms with Gasteiger partial charge in [-0.05, 0) is 56.8 Å². The maximum atomic E-state index is 3.25. The number of nitrogens with one attached hydrogen (secondary N) is 1. The lowest BCUT2D eigenvalue weighted by atomic mass is 9.79. The monoisotopic (exact) mass is 274 g/mol. The molecule has 2 nitrogen and oxygen atoms in total. The Hall–Kier alpha value is -1.02. The van der Waals surface area contributed by atoms with E-state index in [1.807, 2.05) is 7.05 Å². The van der Waals surface area contributed by atoms with Gasteiger partial charge in [-0.3, -0.25) is 0 Å². The number of hydrogen-bond donors (Lipinski definition) is 1. The lowest BCUT2D eigenvalue weighted by molar-refractivity contribution is 0.373. The summed E-state index contributed by atoms with van der Waals surface area (Å²) in [5, 5.41) is 3.25. The third kappa shape index (κ3) is 3.01. The molecule has 0 spiro atoms. The zero-order valence-electron chi connectivity index (χ0n) is 13.8. The van der Waals surface area contributed by atoms with Gasteiger partial charge in [-0.25, -0.2) is 0 Å². The molecule has 2 rings (SSSR count). The summed E-state index contributed by atoms with van der Waals surface area (Å²) in [4.78, 5) is 2.63. The molecule has 1 N–H and O–H groups in total. The molecule has 0 saturated carbocycles. The van der Waals surface area contributed by atoms with E-state index in [2.05, 4.69) is 56.1 Å². The molecule has 1 aliphatic heterocycles. The van der Waals surface area contributed by atoms with Crippen molar-refractivity contribution in [3.05, 3.63) is 29.3 Å². The molecular formula is C18H30N2. The van der Waals surface area contributed by atoms with Gasteiger partial charge in [0.1, 0.15) is 0 Å². The Kier molecular flexibility index (Phi) is 4.74. The average molecular weight is 274 g/mol. The van der Waals surface area contributed by atoms with Crippen molar-refractivity contribution >= 4 is 5.69 Å². The highest BCUT2D eigenvalue weighted by molar-refractivity contribution is 5.60. The summed E-state index contributed by atoms with van der Waals surface area (Å²) in [5.41, 5.74) is 4.66. The van der Waals surface area contributed by atoms with E-state index >= 15 is 0 Å². The van der Waals surface area contributed by atoms with Crippen molar-refractivity contribution in [2.75, 3.05) is 18.5 Å². The van der Waals surface area contributed by atoms with Crippen molar-refractivity contribution in [2.24, 2.45) is 0 Å². The number of unbranched alkanes of at least 4 members (excludes halogenated alkanes) is 1. The third-order valence-electron chi connectivity index (χ3n) is 4.57. The molecule has 112 valence electrons. The fourth-order valence-electron chi connectivity index (χ4n) is 3.59. The Balaban J connectivity index is 2.37. The summed E-state index contributed by atoms with van der Waals surface area (Å²) in [6, 6.07) is 7.03. The van der Waals surface area contributed by atoms with Crippen LogP contribution in [0.25, 0.3) is 0 Å². The second kappa shape index (κ2) is 6.17. The fraction of sp³-hybridized carbons (Fsp3) is 0.667. The van der Waals surface area contributed by atoms with Crippen LogP contribution >= 0.6 is 0 Å². The van der Waals surface area contributed by atoms with Gasteiger partial charge < -0.3 is 10.2 Å². The molecule has 0 aliphatic carbocycles. The van der Waals surface area contributed by atoms with E-state index < -0.39 is 0 Å². The van der Waals surface area contributed by atoms with Crippen LogP contribution in [-0.2, 0) is 6.54 Å². The van der Waals surface area contributed by atoms with E-state index in [1.54, 1.807) is 0 Å². The van der Waals surface area contributed by atoms with Gasteiger partial charge in [0.25, 0.3) is 0 Å². The molecule has 0 bridgehead atoms. The van der Waals surface area contributed by atoms with Crippen LogP contribution in [-0.4, -0.2) is 19.1 Å². The number of fused-ring (bicyclic) bond motifs is 1. The molecule has 1 aromatic carbocycles. The number of benzene rings is 1. The topological polar surface area (TPSA) is 15.3 Å². The molecule has 2 heteroatoms. The van der Waals surface area contributed by atoms with Crippen LogP contribution in [0.2, 0.25) is 0 Å². The second-order valence-corrected chi connectivity index (χ2v) is 6.85. The highest BCUT2D eigenvalue weighted by atomic mass is 15.2. The van der Waals surface area contributed by atoms with Crippen molar-refractivity contribution < 1.29 is 0 Å². The highest BCUT2D eigenvalue weighted by Crippen LogP contribution is 2.43. The van der Waals surface area contributed by atoms with E-state index in [9.17, 15) is 0 Å². The van der Waals surface area contributed by atoms with Crippen LogP contribution in [0.4, 0.5) is 5.69 Å². The van der Waals surface area contributed by atoms with Gasteiger partial charge in [0.15, 0.2) is 0 Å². The first-order valence-electron chi connectivity index (χ1n) is 8.04. The van der Waals surface area contributed by atoms with Crippen molar-refractivity contribution in [1.82, 2.24) is 5.32 Å². The Labute approximate surface area is 124 Å². The predicted molar refractivity (Wildman–Crippen MR) is 88.6 cm³/mol. The van der Waals surface area contributed by atoms with Gasteiger partial charge in [-0.1, -0.05) is 32.4 Å². The van der Waals surface area contributed by atoms with Crippen molar-refractivity contribution in [3.8, 4) is 0 Å². The van der Waals surface area contributed by atoms with Crippen LogP contribution in [0.15, 0.2) is 18.2 Å². The Morgan fingerprint density at radius 3 is 2.75 bits per heavy atom. The molecule has 0 aromatic heterocycles. The minimum absolute atomic E-state index is 0.270. The van der Waals surface area contributed by atoms with E-state index in [0.717, 1.165) is 6.54 Å². The molecule has 20 heavy (non-hydrogen) atoms. The maximum absolute atomic E-state index is 3.25. The number of anilines is 1. The quantitative estimate of drug-likeness (QED) is 0.861. The number of rotatable bonds is 5. The van der Waals surface area contributed by atoms with Gasteiger partial charge in [-0.2, -0.15) is 0 Å². The zero-order valence-corrected chi connectivity index (χ0v) is 13.8. The Morgan fingerprint density at radius 1 is 1.35 bits per heavy atom. The zero-order chi connectivity index (χ0) is 14.8. The second-order valence-electron chi connectivity index (χ2n) is 6.85. The Bertz CT molecular complexity index is 451. The number of nitrogens with zero attached hydrogens (tertiary/aromatic N) is 1. The SMILES string of the molecule is CCCCN1c2ccc(CNC)cc2[C@@H](C)CC1(C)C. The molecule has 0 fully saturated rings. The molecule has 1 aromatic rings. The normalized spacial score (nSPS) is 20.9. The van der Waals surface area contributed by atoms with Crippen molar-refractivity contribution in [3.63, 3.8) is 0 Å². The molecule has 0 radical (unpaired) electrons. The maximum Gasteiger partial charge on any atom is 0.0406 e. The third-order valence-corrected chi connectivity index (χ3v) is 4.57. The first-order chi connectivity index (χ1) is 9.49. The summed E-state index contributed by atoms with van der Waals surface area (Å²) in [6.07, 6.45) is 3.78. The Morgan fingerprint density at radius 2 is 2.10 bits per heavy atom. The predicted octanol–water partition coefficient (Wildman–Crippen LogP) is 4.30. The standard InChI is InChI=1S/C18H30N2/c1-6-7-10-20-17-9-8-15(13-19-5)11-16(17)14(2)12-18(20,3)4/h8-9,11,14,19H,6-7,10,12-13H2,1-5H3/t14-/m0/s1. The molecule has 0 unspecified atom stereocenters.